The molecule has 1 heterocycles. The Labute approximate surface area is 173 Å². The van der Waals surface area contributed by atoms with Gasteiger partial charge < -0.3 is 14.8 Å². The molecule has 0 aliphatic heterocycles. The van der Waals surface area contributed by atoms with Gasteiger partial charge in [-0.1, -0.05) is 41.9 Å². The highest BCUT2D eigenvalue weighted by atomic mass is 35.5. The lowest BCUT2D eigenvalue weighted by Crippen LogP contribution is -2.21. The standard InChI is InChI=1S/C22H20ClN2O3P/c1-25-13-19(18-12-16(23)8-10-20(18)25)21(29(2,27)28)22(26)24-17-9-7-14-5-3-4-6-15(14)11-17/h3-13,21H,1-2H3,(H,24,26)(H,27,28). The summed E-state index contributed by atoms with van der Waals surface area (Å²) in [4.78, 5) is 23.6. The van der Waals surface area contributed by atoms with Crippen LogP contribution >= 0.6 is 19.0 Å². The van der Waals surface area contributed by atoms with Crippen molar-refractivity contribution >= 4 is 52.2 Å². The quantitative estimate of drug-likeness (QED) is 0.419. The molecular weight excluding hydrogens is 407 g/mol. The molecule has 7 heteroatoms. The first-order chi connectivity index (χ1) is 13.7. The Morgan fingerprint density at radius 2 is 1.83 bits per heavy atom. The Morgan fingerprint density at radius 3 is 2.55 bits per heavy atom. The van der Waals surface area contributed by atoms with Crippen molar-refractivity contribution in [2.24, 2.45) is 7.05 Å². The molecule has 0 saturated heterocycles. The Morgan fingerprint density at radius 1 is 1.10 bits per heavy atom. The number of aromatic nitrogens is 1. The van der Waals surface area contributed by atoms with Gasteiger partial charge in [0, 0.05) is 41.5 Å². The van der Waals surface area contributed by atoms with Gasteiger partial charge in [0.25, 0.3) is 0 Å². The average Bonchev–Trinajstić information content (AvgIpc) is 2.96. The molecule has 29 heavy (non-hydrogen) atoms. The predicted octanol–water partition coefficient (Wildman–Crippen LogP) is 5.56. The fourth-order valence-corrected chi connectivity index (χ4v) is 5.10. The van der Waals surface area contributed by atoms with Crippen molar-refractivity contribution < 1.29 is 14.3 Å². The smallest absolute Gasteiger partial charge is 0.241 e. The minimum atomic E-state index is -3.81. The van der Waals surface area contributed by atoms with Crippen LogP contribution in [0, 0.1) is 0 Å². The summed E-state index contributed by atoms with van der Waals surface area (Å²) in [6.07, 6.45) is 1.72. The Balaban J connectivity index is 1.76. The number of fused-ring (bicyclic) bond motifs is 2. The minimum Gasteiger partial charge on any atom is -0.350 e. The van der Waals surface area contributed by atoms with Crippen molar-refractivity contribution in [1.82, 2.24) is 4.57 Å². The summed E-state index contributed by atoms with van der Waals surface area (Å²) in [7, 11) is -1.98. The lowest BCUT2D eigenvalue weighted by atomic mass is 10.1. The molecule has 0 bridgehead atoms. The van der Waals surface area contributed by atoms with Crippen LogP contribution in [0.5, 0.6) is 0 Å². The van der Waals surface area contributed by atoms with Gasteiger partial charge in [0.1, 0.15) is 5.66 Å². The van der Waals surface area contributed by atoms with Gasteiger partial charge >= 0.3 is 0 Å². The van der Waals surface area contributed by atoms with E-state index in [1.165, 1.54) is 6.66 Å². The molecule has 5 nitrogen and oxygen atoms in total. The zero-order valence-corrected chi connectivity index (χ0v) is 17.6. The number of nitrogens with one attached hydrogen (secondary N) is 1. The van der Waals surface area contributed by atoms with Gasteiger partial charge in [-0.25, -0.2) is 0 Å². The van der Waals surface area contributed by atoms with E-state index < -0.39 is 18.9 Å². The van der Waals surface area contributed by atoms with Crippen LogP contribution in [0.4, 0.5) is 5.69 Å². The Bertz CT molecular complexity index is 1290. The predicted molar refractivity (Wildman–Crippen MR) is 119 cm³/mol. The molecule has 0 aliphatic rings. The maximum atomic E-state index is 13.1. The number of aryl methyl sites for hydroxylation is 1. The van der Waals surface area contributed by atoms with Gasteiger partial charge in [-0.3, -0.25) is 9.36 Å². The minimum absolute atomic E-state index is 0.483. The number of hydrogen-bond donors (Lipinski definition) is 2. The average molecular weight is 427 g/mol. The molecule has 2 unspecified atom stereocenters. The lowest BCUT2D eigenvalue weighted by Gasteiger charge is -2.19. The van der Waals surface area contributed by atoms with E-state index in [1.54, 1.807) is 24.4 Å². The number of carbonyl (C=O) groups excluding carboxylic acids is 1. The first-order valence-electron chi connectivity index (χ1n) is 9.08. The molecule has 1 amide bonds. The van der Waals surface area contributed by atoms with Crippen molar-refractivity contribution in [3.8, 4) is 0 Å². The molecule has 2 atom stereocenters. The molecular formula is C22H20ClN2O3P. The summed E-state index contributed by atoms with van der Waals surface area (Å²) >= 11 is 6.14. The molecule has 0 spiro atoms. The maximum Gasteiger partial charge on any atom is 0.241 e. The van der Waals surface area contributed by atoms with Gasteiger partial charge in [-0.15, -0.1) is 0 Å². The van der Waals surface area contributed by atoms with Crippen LogP contribution in [0.3, 0.4) is 0 Å². The van der Waals surface area contributed by atoms with Crippen molar-refractivity contribution in [3.05, 3.63) is 77.4 Å². The van der Waals surface area contributed by atoms with Crippen LogP contribution in [0.25, 0.3) is 21.7 Å². The molecule has 4 rings (SSSR count). The second-order valence-electron chi connectivity index (χ2n) is 7.25. The van der Waals surface area contributed by atoms with Crippen LogP contribution in [0.2, 0.25) is 5.02 Å². The summed E-state index contributed by atoms with van der Waals surface area (Å²) in [5, 5.41) is 6.03. The van der Waals surface area contributed by atoms with Crippen LogP contribution in [0.1, 0.15) is 11.2 Å². The largest absolute Gasteiger partial charge is 0.350 e. The maximum absolute atomic E-state index is 13.1. The molecule has 0 aliphatic carbocycles. The van der Waals surface area contributed by atoms with Gasteiger partial charge in [-0.2, -0.15) is 0 Å². The van der Waals surface area contributed by atoms with Crippen LogP contribution in [-0.2, 0) is 16.4 Å². The van der Waals surface area contributed by atoms with Gasteiger partial charge in [-0.05, 0) is 46.7 Å². The zero-order valence-electron chi connectivity index (χ0n) is 16.0. The highest BCUT2D eigenvalue weighted by Crippen LogP contribution is 2.54. The van der Waals surface area contributed by atoms with E-state index in [2.05, 4.69) is 5.32 Å². The third kappa shape index (κ3) is 3.82. The highest BCUT2D eigenvalue weighted by Gasteiger charge is 2.36. The molecule has 3 aromatic carbocycles. The van der Waals surface area contributed by atoms with Crippen LogP contribution in [0.15, 0.2) is 66.9 Å². The van der Waals surface area contributed by atoms with Crippen molar-refractivity contribution in [3.63, 3.8) is 0 Å². The Kier molecular flexibility index (Phi) is 4.99. The number of rotatable bonds is 4. The van der Waals surface area contributed by atoms with Gasteiger partial charge in [0.05, 0.1) is 0 Å². The topological polar surface area (TPSA) is 71.3 Å². The van der Waals surface area contributed by atoms with Gasteiger partial charge in [0.15, 0.2) is 0 Å². The summed E-state index contributed by atoms with van der Waals surface area (Å²) in [6.45, 7) is 1.21. The molecule has 0 saturated carbocycles. The van der Waals surface area contributed by atoms with Crippen molar-refractivity contribution in [1.29, 1.82) is 0 Å². The number of hydrogen-bond acceptors (Lipinski definition) is 2. The summed E-state index contributed by atoms with van der Waals surface area (Å²) in [5.41, 5.74) is 0.680. The van der Waals surface area contributed by atoms with E-state index in [4.69, 9.17) is 11.6 Å². The number of carbonyl (C=O) groups is 1. The molecule has 2 N–H and O–H groups in total. The van der Waals surface area contributed by atoms with E-state index in [1.807, 2.05) is 54.1 Å². The Hall–Kier alpha value is -2.59. The molecule has 1 aromatic heterocycles. The van der Waals surface area contributed by atoms with Crippen LogP contribution in [-0.4, -0.2) is 22.0 Å². The fraction of sp³-hybridized carbons (Fsp3) is 0.136. The summed E-state index contributed by atoms with van der Waals surface area (Å²) < 4.78 is 14.6. The van der Waals surface area contributed by atoms with Crippen LogP contribution < -0.4 is 5.32 Å². The van der Waals surface area contributed by atoms with E-state index in [9.17, 15) is 14.3 Å². The summed E-state index contributed by atoms with van der Waals surface area (Å²) in [6, 6.07) is 18.6. The number of amides is 1. The van der Waals surface area contributed by atoms with E-state index in [0.29, 0.717) is 21.7 Å². The van der Waals surface area contributed by atoms with E-state index in [0.717, 1.165) is 16.3 Å². The monoisotopic (exact) mass is 426 g/mol. The number of halogens is 1. The summed E-state index contributed by atoms with van der Waals surface area (Å²) in [5.74, 6) is -0.527. The van der Waals surface area contributed by atoms with E-state index in [-0.39, 0.29) is 0 Å². The molecule has 0 radical (unpaired) electrons. The van der Waals surface area contributed by atoms with Crippen molar-refractivity contribution in [2.45, 2.75) is 5.66 Å². The second-order valence-corrected chi connectivity index (χ2v) is 10.1. The van der Waals surface area contributed by atoms with Crippen molar-refractivity contribution in [2.75, 3.05) is 12.0 Å². The second kappa shape index (κ2) is 7.34. The first-order valence-corrected chi connectivity index (χ1v) is 11.6. The SMILES string of the molecule is Cn1cc(C(C(=O)Nc2ccc3ccccc3c2)P(C)(=O)O)c2cc(Cl)ccc21. The number of benzene rings is 3. The number of nitrogens with zero attached hydrogens (tertiary/aromatic N) is 1. The van der Waals surface area contributed by atoms with Gasteiger partial charge in [0.2, 0.25) is 13.3 Å². The molecule has 4 aromatic rings. The lowest BCUT2D eigenvalue weighted by molar-refractivity contribution is -0.116. The molecule has 0 fully saturated rings. The third-order valence-corrected chi connectivity index (χ3v) is 6.73. The fourth-order valence-electron chi connectivity index (χ4n) is 3.71. The van der Waals surface area contributed by atoms with E-state index >= 15 is 0 Å². The normalized spacial score (nSPS) is 14.6. The highest BCUT2D eigenvalue weighted by molar-refractivity contribution is 7.58. The third-order valence-electron chi connectivity index (χ3n) is 5.02. The molecule has 148 valence electrons. The number of anilines is 1. The zero-order chi connectivity index (χ0) is 20.8. The first kappa shape index (κ1) is 19.7.